The normalized spacial score (nSPS) is 39.9. The second kappa shape index (κ2) is 5.71. The van der Waals surface area contributed by atoms with Gasteiger partial charge in [0.15, 0.2) is 12.4 Å². The van der Waals surface area contributed by atoms with Crippen LogP contribution in [0, 0.1) is 0 Å². The second-order valence-electron chi connectivity index (χ2n) is 3.90. The van der Waals surface area contributed by atoms with Gasteiger partial charge in [-0.1, -0.05) is 0 Å². The van der Waals surface area contributed by atoms with E-state index in [4.69, 9.17) is 25.4 Å². The largest absolute Gasteiger partial charge is 0.479 e. The Morgan fingerprint density at radius 2 is 2.12 bits per heavy atom. The first-order chi connectivity index (χ1) is 7.88. The molecule has 0 aromatic rings. The molecule has 1 rings (SSSR count). The van der Waals surface area contributed by atoms with Crippen LogP contribution in [0.25, 0.3) is 0 Å². The first kappa shape index (κ1) is 14.3. The van der Waals surface area contributed by atoms with Crippen molar-refractivity contribution in [3.05, 3.63) is 0 Å². The molecule has 1 heterocycles. The molecule has 1 saturated heterocycles. The van der Waals surface area contributed by atoms with E-state index < -0.39 is 49.3 Å². The van der Waals surface area contributed by atoms with Crippen LogP contribution in [0.5, 0.6) is 0 Å². The maximum Gasteiger partial charge on any atom is 0.332 e. The lowest BCUT2D eigenvalue weighted by Gasteiger charge is -2.41. The van der Waals surface area contributed by atoms with Gasteiger partial charge in [0, 0.05) is 0 Å². The molecule has 6 atom stereocenters. The van der Waals surface area contributed by atoms with Crippen molar-refractivity contribution in [3.63, 3.8) is 0 Å². The van der Waals surface area contributed by atoms with Crippen LogP contribution in [-0.2, 0) is 14.3 Å². The first-order valence-electron chi connectivity index (χ1n) is 5.14. The average molecular weight is 251 g/mol. The van der Waals surface area contributed by atoms with E-state index >= 15 is 0 Å². The molecule has 2 unspecified atom stereocenters. The van der Waals surface area contributed by atoms with Crippen LogP contribution < -0.4 is 5.73 Å². The fraction of sp³-hybridized carbons (Fsp3) is 0.889. The fourth-order valence-corrected chi connectivity index (χ4v) is 1.57. The van der Waals surface area contributed by atoms with Crippen LogP contribution in [0.3, 0.4) is 0 Å². The van der Waals surface area contributed by atoms with E-state index in [2.05, 4.69) is 0 Å². The van der Waals surface area contributed by atoms with Crippen LogP contribution in [0.2, 0.25) is 0 Å². The number of carbonyl (C=O) groups is 1. The number of carboxylic acids is 1. The zero-order chi connectivity index (χ0) is 13.2. The van der Waals surface area contributed by atoms with E-state index in [1.165, 1.54) is 6.92 Å². The quantitative estimate of drug-likeness (QED) is 0.361. The molecule has 0 radical (unpaired) electrons. The van der Waals surface area contributed by atoms with E-state index in [0.29, 0.717) is 0 Å². The molecule has 1 aliphatic heterocycles. The Kier molecular flexibility index (Phi) is 4.80. The van der Waals surface area contributed by atoms with Crippen molar-refractivity contribution in [3.8, 4) is 0 Å². The average Bonchev–Trinajstić information content (AvgIpc) is 2.28. The van der Waals surface area contributed by atoms with E-state index in [1.54, 1.807) is 0 Å². The summed E-state index contributed by atoms with van der Waals surface area (Å²) < 4.78 is 9.89. The molecule has 0 spiro atoms. The van der Waals surface area contributed by atoms with Crippen molar-refractivity contribution < 1.29 is 34.7 Å². The Morgan fingerprint density at radius 1 is 1.53 bits per heavy atom. The Bertz CT molecular complexity index is 274. The third-order valence-corrected chi connectivity index (χ3v) is 2.63. The highest BCUT2D eigenvalue weighted by molar-refractivity contribution is 5.71. The number of nitrogens with two attached hydrogens (primary N) is 1. The molecule has 0 aliphatic carbocycles. The molecule has 100 valence electrons. The third kappa shape index (κ3) is 3.12. The molecule has 1 fully saturated rings. The summed E-state index contributed by atoms with van der Waals surface area (Å²) in [6.07, 6.45) is -6.11. The summed E-state index contributed by atoms with van der Waals surface area (Å²) in [4.78, 5) is 10.6. The van der Waals surface area contributed by atoms with Crippen LogP contribution in [0.4, 0.5) is 0 Å². The van der Waals surface area contributed by atoms with Gasteiger partial charge in [0.25, 0.3) is 0 Å². The van der Waals surface area contributed by atoms with Gasteiger partial charge in [-0.15, -0.1) is 0 Å². The van der Waals surface area contributed by atoms with Crippen molar-refractivity contribution in [1.82, 2.24) is 0 Å². The van der Waals surface area contributed by atoms with E-state index in [9.17, 15) is 15.0 Å². The van der Waals surface area contributed by atoms with Gasteiger partial charge < -0.3 is 35.6 Å². The predicted molar refractivity (Wildman–Crippen MR) is 53.9 cm³/mol. The van der Waals surface area contributed by atoms with E-state index in [0.717, 1.165) is 0 Å². The van der Waals surface area contributed by atoms with Gasteiger partial charge in [0.05, 0.1) is 12.6 Å². The van der Waals surface area contributed by atoms with Crippen LogP contribution in [0.15, 0.2) is 0 Å². The maximum absolute atomic E-state index is 10.6. The Morgan fingerprint density at radius 3 is 2.59 bits per heavy atom. The summed E-state index contributed by atoms with van der Waals surface area (Å²) in [5.74, 6) is -1.22. The smallest absolute Gasteiger partial charge is 0.332 e. The molecule has 0 saturated carbocycles. The van der Waals surface area contributed by atoms with Gasteiger partial charge in [0.2, 0.25) is 0 Å². The van der Waals surface area contributed by atoms with Gasteiger partial charge in [-0.3, -0.25) is 0 Å². The van der Waals surface area contributed by atoms with Crippen LogP contribution in [0.1, 0.15) is 6.92 Å². The van der Waals surface area contributed by atoms with Gasteiger partial charge in [0.1, 0.15) is 18.3 Å². The van der Waals surface area contributed by atoms with Crippen molar-refractivity contribution in [2.45, 2.75) is 43.7 Å². The third-order valence-electron chi connectivity index (χ3n) is 2.63. The number of rotatable bonds is 4. The van der Waals surface area contributed by atoms with Gasteiger partial charge in [-0.25, -0.2) is 4.79 Å². The topological polar surface area (TPSA) is 142 Å². The summed E-state index contributed by atoms with van der Waals surface area (Å²) in [5.41, 5.74) is 5.54. The van der Waals surface area contributed by atoms with Crippen LogP contribution in [-0.4, -0.2) is 69.8 Å². The highest BCUT2D eigenvalue weighted by Crippen LogP contribution is 2.22. The molecule has 6 N–H and O–H groups in total. The van der Waals surface area contributed by atoms with E-state index in [1.807, 2.05) is 0 Å². The minimum atomic E-state index is -1.43. The first-order valence-corrected chi connectivity index (χ1v) is 5.14. The molecule has 0 bridgehead atoms. The zero-order valence-corrected chi connectivity index (χ0v) is 9.26. The molecule has 1 aliphatic rings. The van der Waals surface area contributed by atoms with Crippen LogP contribution >= 0.6 is 0 Å². The maximum atomic E-state index is 10.6. The van der Waals surface area contributed by atoms with Gasteiger partial charge in [-0.05, 0) is 6.92 Å². The Hall–Kier alpha value is -0.770. The summed E-state index contributed by atoms with van der Waals surface area (Å²) in [6.45, 7) is 0.740. The summed E-state index contributed by atoms with van der Waals surface area (Å²) in [7, 11) is 0. The number of aliphatic hydroxyl groups is 3. The van der Waals surface area contributed by atoms with E-state index in [-0.39, 0.29) is 0 Å². The molecule has 17 heavy (non-hydrogen) atoms. The molecule has 0 amide bonds. The monoisotopic (exact) mass is 251 g/mol. The Labute approximate surface area is 97.6 Å². The number of carboxylic acid groups (broad SMARTS) is 1. The lowest BCUT2D eigenvalue weighted by Crippen LogP contribution is -2.63. The number of hydrogen-bond donors (Lipinski definition) is 5. The summed E-state index contributed by atoms with van der Waals surface area (Å²) in [6, 6.07) is -1.09. The molecular formula is C9H17NO7. The molecule has 8 nitrogen and oxygen atoms in total. The molecule has 8 heteroatoms. The van der Waals surface area contributed by atoms with Crippen molar-refractivity contribution in [2.75, 3.05) is 6.61 Å². The van der Waals surface area contributed by atoms with Crippen molar-refractivity contribution in [2.24, 2.45) is 5.73 Å². The lowest BCUT2D eigenvalue weighted by molar-refractivity contribution is -0.262. The van der Waals surface area contributed by atoms with Gasteiger partial charge >= 0.3 is 5.97 Å². The number of ether oxygens (including phenoxy) is 2. The molecule has 0 aromatic heterocycles. The summed E-state index contributed by atoms with van der Waals surface area (Å²) in [5, 5.41) is 36.8. The van der Waals surface area contributed by atoms with Crippen molar-refractivity contribution >= 4 is 5.97 Å². The number of aliphatic hydroxyl groups excluding tert-OH is 3. The minimum Gasteiger partial charge on any atom is -0.479 e. The number of hydrogen-bond acceptors (Lipinski definition) is 7. The summed E-state index contributed by atoms with van der Waals surface area (Å²) >= 11 is 0. The van der Waals surface area contributed by atoms with Gasteiger partial charge in [-0.2, -0.15) is 0 Å². The number of aliphatic carboxylic acids is 1. The minimum absolute atomic E-state index is 0.535. The molecule has 0 aromatic carbocycles. The zero-order valence-electron chi connectivity index (χ0n) is 9.26. The highest BCUT2D eigenvalue weighted by atomic mass is 16.6. The Balaban J connectivity index is 2.74. The fourth-order valence-electron chi connectivity index (χ4n) is 1.57. The predicted octanol–water partition coefficient (Wildman–Crippen LogP) is -2.76. The molecular weight excluding hydrogens is 234 g/mol. The second-order valence-corrected chi connectivity index (χ2v) is 3.90. The lowest BCUT2D eigenvalue weighted by atomic mass is 9.97. The standard InChI is InChI=1S/C9H17NO7/c1-3(8(13)14)16-7-5(10)9(15)17-4(2-11)6(7)12/h3-7,9,11-12,15H,2,10H2,1H3,(H,13,14)/t3?,4-,5-,6-,7-,9?/m1/s1. The highest BCUT2D eigenvalue weighted by Gasteiger charge is 2.44. The SMILES string of the molecule is CC(O[C@H]1[C@H](O)[C@@H](CO)OC(O)[C@@H]1N)C(=O)O. The van der Waals surface area contributed by atoms with Crippen molar-refractivity contribution in [1.29, 1.82) is 0 Å².